The van der Waals surface area contributed by atoms with Gasteiger partial charge in [-0.3, -0.25) is 20.4 Å². The van der Waals surface area contributed by atoms with E-state index in [4.69, 9.17) is 4.42 Å². The number of anilines is 1. The molecule has 0 radical (unpaired) electrons. The maximum atomic E-state index is 12.9. The van der Waals surface area contributed by atoms with Gasteiger partial charge in [0.1, 0.15) is 10.6 Å². The Labute approximate surface area is 193 Å². The van der Waals surface area contributed by atoms with Crippen LogP contribution in [0.3, 0.4) is 0 Å². The number of furan rings is 1. The Kier molecular flexibility index (Phi) is 6.42. The zero-order chi connectivity index (χ0) is 22.7. The summed E-state index contributed by atoms with van der Waals surface area (Å²) < 4.78 is 6.64. The number of rotatable bonds is 6. The summed E-state index contributed by atoms with van der Waals surface area (Å²) in [5, 5.41) is 9.87. The Hall–Kier alpha value is -3.37. The van der Waals surface area contributed by atoms with Crippen LogP contribution in [0.1, 0.15) is 31.5 Å². The molecule has 2 heterocycles. The van der Waals surface area contributed by atoms with Crippen molar-refractivity contribution in [2.45, 2.75) is 17.0 Å². The number of thioether (sulfide) groups is 1. The second-order valence-electron chi connectivity index (χ2n) is 7.13. The molecule has 32 heavy (non-hydrogen) atoms. The van der Waals surface area contributed by atoms with Gasteiger partial charge in [0, 0.05) is 42.0 Å². The van der Waals surface area contributed by atoms with E-state index in [0.717, 1.165) is 26.0 Å². The SMILES string of the molecule is Cc1nnc(SCc2c(C(=O)NNC(=O)c3cccc(N(C)C)c3)oc3ccccc23)s1. The van der Waals surface area contributed by atoms with Gasteiger partial charge in [0.15, 0.2) is 10.1 Å². The molecular weight excluding hydrogens is 446 g/mol. The smallest absolute Gasteiger partial charge is 0.305 e. The number of nitrogens with one attached hydrogen (secondary N) is 2. The van der Waals surface area contributed by atoms with Crippen LogP contribution in [-0.2, 0) is 5.75 Å². The second kappa shape index (κ2) is 9.41. The van der Waals surface area contributed by atoms with E-state index in [9.17, 15) is 9.59 Å². The summed E-state index contributed by atoms with van der Waals surface area (Å²) in [6, 6.07) is 14.6. The number of aryl methyl sites for hydroxylation is 1. The molecule has 0 spiro atoms. The average Bonchev–Trinajstić information content (AvgIpc) is 3.38. The highest BCUT2D eigenvalue weighted by Crippen LogP contribution is 2.33. The van der Waals surface area contributed by atoms with E-state index >= 15 is 0 Å². The molecule has 0 aliphatic rings. The van der Waals surface area contributed by atoms with Crippen molar-refractivity contribution in [1.29, 1.82) is 0 Å². The number of hydrazine groups is 1. The van der Waals surface area contributed by atoms with Crippen molar-refractivity contribution in [3.63, 3.8) is 0 Å². The number of para-hydroxylation sites is 1. The molecule has 0 unspecified atom stereocenters. The molecule has 4 aromatic rings. The van der Waals surface area contributed by atoms with Gasteiger partial charge in [-0.05, 0) is 31.2 Å². The van der Waals surface area contributed by atoms with Crippen molar-refractivity contribution in [3.05, 3.63) is 70.4 Å². The zero-order valence-corrected chi connectivity index (χ0v) is 19.3. The number of nitrogens with zero attached hydrogens (tertiary/aromatic N) is 3. The monoisotopic (exact) mass is 467 g/mol. The molecule has 2 N–H and O–H groups in total. The lowest BCUT2D eigenvalue weighted by molar-refractivity contribution is 0.0831. The summed E-state index contributed by atoms with van der Waals surface area (Å²) in [5.41, 5.74) is 7.59. The van der Waals surface area contributed by atoms with Gasteiger partial charge in [-0.25, -0.2) is 0 Å². The molecule has 2 aromatic carbocycles. The van der Waals surface area contributed by atoms with Crippen LogP contribution in [0.4, 0.5) is 5.69 Å². The maximum absolute atomic E-state index is 12.9. The Morgan fingerprint density at radius 3 is 2.59 bits per heavy atom. The van der Waals surface area contributed by atoms with Gasteiger partial charge in [-0.2, -0.15) is 0 Å². The van der Waals surface area contributed by atoms with Crippen molar-refractivity contribution in [1.82, 2.24) is 21.0 Å². The predicted octanol–water partition coefficient (Wildman–Crippen LogP) is 4.03. The van der Waals surface area contributed by atoms with Crippen molar-refractivity contribution in [3.8, 4) is 0 Å². The lowest BCUT2D eigenvalue weighted by Crippen LogP contribution is -2.41. The molecule has 2 amide bonds. The van der Waals surface area contributed by atoms with Crippen LogP contribution in [0.25, 0.3) is 11.0 Å². The third kappa shape index (κ3) is 4.76. The number of aromatic nitrogens is 2. The molecule has 0 saturated carbocycles. The molecule has 164 valence electrons. The fourth-order valence-electron chi connectivity index (χ4n) is 3.06. The first-order valence-electron chi connectivity index (χ1n) is 9.74. The van der Waals surface area contributed by atoms with Crippen LogP contribution in [0.15, 0.2) is 57.3 Å². The first kappa shape index (κ1) is 21.8. The molecule has 10 heteroatoms. The molecule has 0 saturated heterocycles. The third-order valence-electron chi connectivity index (χ3n) is 4.67. The van der Waals surface area contributed by atoms with E-state index < -0.39 is 11.8 Å². The fraction of sp³-hybridized carbons (Fsp3) is 0.182. The third-order valence-corrected chi connectivity index (χ3v) is 6.66. The predicted molar refractivity (Wildman–Crippen MR) is 126 cm³/mol. The van der Waals surface area contributed by atoms with Crippen LogP contribution in [0.5, 0.6) is 0 Å². The number of carbonyl (C=O) groups is 2. The summed E-state index contributed by atoms with van der Waals surface area (Å²) >= 11 is 2.98. The molecular formula is C22H21N5O3S2. The van der Waals surface area contributed by atoms with Crippen LogP contribution in [0.2, 0.25) is 0 Å². The normalized spacial score (nSPS) is 10.8. The Balaban J connectivity index is 1.51. The average molecular weight is 468 g/mol. The number of fused-ring (bicyclic) bond motifs is 1. The van der Waals surface area contributed by atoms with Gasteiger partial charge in [0.05, 0.1) is 0 Å². The van der Waals surface area contributed by atoms with Crippen LogP contribution in [-0.4, -0.2) is 36.1 Å². The largest absolute Gasteiger partial charge is 0.451 e. The fourth-order valence-corrected chi connectivity index (χ4v) is 4.91. The van der Waals surface area contributed by atoms with Gasteiger partial charge in [-0.15, -0.1) is 10.2 Å². The minimum atomic E-state index is -0.526. The van der Waals surface area contributed by atoms with Crippen LogP contribution < -0.4 is 15.8 Å². The summed E-state index contributed by atoms with van der Waals surface area (Å²) in [4.78, 5) is 27.3. The van der Waals surface area contributed by atoms with Gasteiger partial charge in [-0.1, -0.05) is 47.4 Å². The van der Waals surface area contributed by atoms with Crippen molar-refractivity contribution >= 4 is 51.6 Å². The number of hydrogen-bond donors (Lipinski definition) is 2. The topological polar surface area (TPSA) is 100 Å². The molecule has 0 bridgehead atoms. The maximum Gasteiger partial charge on any atom is 0.305 e. The first-order valence-corrected chi connectivity index (χ1v) is 11.5. The van der Waals surface area contributed by atoms with E-state index in [0.29, 0.717) is 16.9 Å². The van der Waals surface area contributed by atoms with Crippen molar-refractivity contribution < 1.29 is 14.0 Å². The highest BCUT2D eigenvalue weighted by molar-refractivity contribution is 8.00. The van der Waals surface area contributed by atoms with Crippen molar-refractivity contribution in [2.24, 2.45) is 0 Å². The zero-order valence-electron chi connectivity index (χ0n) is 17.7. The minimum absolute atomic E-state index is 0.155. The summed E-state index contributed by atoms with van der Waals surface area (Å²) in [6.45, 7) is 1.89. The van der Waals surface area contributed by atoms with E-state index in [1.165, 1.54) is 23.1 Å². The number of carbonyl (C=O) groups excluding carboxylic acids is 2. The standard InChI is InChI=1S/C22H21N5O3S2/c1-13-23-26-22(32-13)31-12-17-16-9-4-5-10-18(16)30-19(17)21(29)25-24-20(28)14-7-6-8-15(11-14)27(2)3/h4-11H,12H2,1-3H3,(H,24,28)(H,25,29). The van der Waals surface area contributed by atoms with Gasteiger partial charge in [0.25, 0.3) is 5.91 Å². The van der Waals surface area contributed by atoms with E-state index in [-0.39, 0.29) is 5.76 Å². The lowest BCUT2D eigenvalue weighted by atomic mass is 10.1. The van der Waals surface area contributed by atoms with Gasteiger partial charge >= 0.3 is 5.91 Å². The lowest BCUT2D eigenvalue weighted by Gasteiger charge is -2.13. The van der Waals surface area contributed by atoms with Crippen LogP contribution >= 0.6 is 23.1 Å². The summed E-state index contributed by atoms with van der Waals surface area (Å²) in [7, 11) is 3.78. The Morgan fingerprint density at radius 1 is 1.06 bits per heavy atom. The molecule has 0 fully saturated rings. The van der Waals surface area contributed by atoms with E-state index in [1.54, 1.807) is 24.3 Å². The molecule has 2 aromatic heterocycles. The van der Waals surface area contributed by atoms with Crippen LogP contribution in [0, 0.1) is 6.92 Å². The van der Waals surface area contributed by atoms with Crippen molar-refractivity contribution in [2.75, 3.05) is 19.0 Å². The Morgan fingerprint density at radius 2 is 1.84 bits per heavy atom. The summed E-state index contributed by atoms with van der Waals surface area (Å²) in [5.74, 6) is -0.309. The van der Waals surface area contributed by atoms with Gasteiger partial charge in [0.2, 0.25) is 0 Å². The Bertz CT molecular complexity index is 1280. The molecule has 8 nitrogen and oxygen atoms in total. The highest BCUT2D eigenvalue weighted by Gasteiger charge is 2.22. The quantitative estimate of drug-likeness (QED) is 0.326. The second-order valence-corrected chi connectivity index (χ2v) is 9.54. The molecule has 0 aliphatic carbocycles. The van der Waals surface area contributed by atoms with E-state index in [1.807, 2.05) is 50.2 Å². The minimum Gasteiger partial charge on any atom is -0.451 e. The van der Waals surface area contributed by atoms with Gasteiger partial charge < -0.3 is 9.32 Å². The molecule has 0 aliphatic heterocycles. The number of amides is 2. The highest BCUT2D eigenvalue weighted by atomic mass is 32.2. The molecule has 4 rings (SSSR count). The number of hydrogen-bond acceptors (Lipinski definition) is 8. The molecule has 0 atom stereocenters. The number of benzene rings is 2. The first-order chi connectivity index (χ1) is 15.4. The van der Waals surface area contributed by atoms with E-state index in [2.05, 4.69) is 21.0 Å². The summed E-state index contributed by atoms with van der Waals surface area (Å²) in [6.07, 6.45) is 0.